The summed E-state index contributed by atoms with van der Waals surface area (Å²) in [5, 5.41) is 15.8. The molecule has 9 heteroatoms. The topological polar surface area (TPSA) is 83.5 Å². The molecule has 0 aliphatic carbocycles. The first-order valence-corrected chi connectivity index (χ1v) is 6.18. The van der Waals surface area contributed by atoms with Gasteiger partial charge in [-0.2, -0.15) is 0 Å². The third-order valence-electron chi connectivity index (χ3n) is 1.42. The van der Waals surface area contributed by atoms with Gasteiger partial charge in [-0.3, -0.25) is 0 Å². The van der Waals surface area contributed by atoms with Crippen LogP contribution in [0.5, 0.6) is 0 Å². The van der Waals surface area contributed by atoms with E-state index in [-0.39, 0.29) is 30.7 Å². The minimum absolute atomic E-state index is 0.0617. The van der Waals surface area contributed by atoms with Crippen molar-refractivity contribution < 1.29 is 15.0 Å². The van der Waals surface area contributed by atoms with E-state index in [0.29, 0.717) is 0 Å². The van der Waals surface area contributed by atoms with Crippen LogP contribution in [0.4, 0.5) is 0 Å². The second-order valence-electron chi connectivity index (χ2n) is 2.99. The quantitative estimate of drug-likeness (QED) is 0.405. The number of aromatic carboxylic acids is 1. The Labute approximate surface area is 128 Å². The third kappa shape index (κ3) is 4.63. The third-order valence-corrected chi connectivity index (χ3v) is 3.70. The molecule has 0 spiro atoms. The molecular weight excluding hydrogens is 347 g/mol. The number of carboxylic acid groups (broad SMARTS) is 1. The van der Waals surface area contributed by atoms with E-state index in [9.17, 15) is 4.79 Å². The molecule has 0 heterocycles. The Kier molecular flexibility index (Phi) is 7.63. The van der Waals surface area contributed by atoms with Crippen molar-refractivity contribution in [2.24, 2.45) is 5.73 Å². The summed E-state index contributed by atoms with van der Waals surface area (Å²) in [7, 11) is 0. The molecule has 4 nitrogen and oxygen atoms in total. The first kappa shape index (κ1) is 18.1. The minimum atomic E-state index is -1.32. The lowest BCUT2D eigenvalue weighted by Crippen LogP contribution is -2.11. The van der Waals surface area contributed by atoms with E-state index in [4.69, 9.17) is 68.2 Å². The van der Waals surface area contributed by atoms with Gasteiger partial charge < -0.3 is 15.9 Å². The fourth-order valence-corrected chi connectivity index (χ4v) is 2.09. The number of hydrogen-bond acceptors (Lipinski definition) is 3. The molecule has 102 valence electrons. The van der Waals surface area contributed by atoms with Gasteiger partial charge in [-0.25, -0.2) is 4.79 Å². The zero-order valence-electron chi connectivity index (χ0n) is 8.85. The zero-order valence-corrected chi connectivity index (χ0v) is 12.6. The number of rotatable bonds is 1. The van der Waals surface area contributed by atoms with Crippen molar-refractivity contribution in [3.8, 4) is 0 Å². The molecule has 0 aliphatic rings. The molecule has 0 aliphatic heterocycles. The van der Waals surface area contributed by atoms with Gasteiger partial charge in [0, 0.05) is 0 Å². The number of carbonyl (C=O) groups is 1. The van der Waals surface area contributed by atoms with Crippen molar-refractivity contribution in [2.75, 3.05) is 0 Å². The second-order valence-corrected chi connectivity index (χ2v) is 4.88. The summed E-state index contributed by atoms with van der Waals surface area (Å²) < 4.78 is 0. The number of aliphatic hydroxyl groups is 1. The highest BCUT2D eigenvalue weighted by molar-refractivity contribution is 6.56. The van der Waals surface area contributed by atoms with Gasteiger partial charge in [0.25, 0.3) is 0 Å². The van der Waals surface area contributed by atoms with Crippen LogP contribution in [-0.4, -0.2) is 22.4 Å². The minimum Gasteiger partial charge on any atom is -0.478 e. The number of halogens is 5. The van der Waals surface area contributed by atoms with Crippen molar-refractivity contribution in [1.82, 2.24) is 0 Å². The smallest absolute Gasteiger partial charge is 0.338 e. The highest BCUT2D eigenvalue weighted by Crippen LogP contribution is 2.43. The zero-order chi connectivity index (χ0) is 14.6. The second kappa shape index (κ2) is 7.60. The van der Waals surface area contributed by atoms with Gasteiger partial charge in [-0.15, -0.1) is 0 Å². The number of carboxylic acids is 1. The Morgan fingerprint density at radius 2 is 1.22 bits per heavy atom. The maximum atomic E-state index is 10.7. The fourth-order valence-electron chi connectivity index (χ4n) is 0.793. The number of nitrogens with two attached hydrogens (primary N) is 1. The first-order valence-electron chi connectivity index (χ1n) is 4.29. The van der Waals surface area contributed by atoms with Crippen LogP contribution in [0.2, 0.25) is 25.1 Å². The SMILES string of the molecule is CC(N)O.O=C(O)c1c(Cl)c(Cl)c(Cl)c(Cl)c1Cl. The average molecular weight is 355 g/mol. The Hall–Kier alpha value is 0.0600. The van der Waals surface area contributed by atoms with Crippen LogP contribution in [0.15, 0.2) is 0 Å². The van der Waals surface area contributed by atoms with E-state index >= 15 is 0 Å². The van der Waals surface area contributed by atoms with Crippen molar-refractivity contribution >= 4 is 64.0 Å². The molecule has 1 unspecified atom stereocenters. The molecule has 0 bridgehead atoms. The van der Waals surface area contributed by atoms with Crippen LogP contribution < -0.4 is 5.73 Å². The summed E-state index contributed by atoms with van der Waals surface area (Å²) in [6.07, 6.45) is -0.667. The highest BCUT2D eigenvalue weighted by Gasteiger charge is 2.23. The van der Waals surface area contributed by atoms with E-state index in [1.807, 2.05) is 0 Å². The van der Waals surface area contributed by atoms with Crippen molar-refractivity contribution in [3.05, 3.63) is 30.7 Å². The van der Waals surface area contributed by atoms with Crippen LogP contribution >= 0.6 is 58.0 Å². The summed E-state index contributed by atoms with van der Waals surface area (Å²) in [6.45, 7) is 1.50. The van der Waals surface area contributed by atoms with Gasteiger partial charge >= 0.3 is 5.97 Å². The monoisotopic (exact) mass is 353 g/mol. The Balaban J connectivity index is 0.000000631. The van der Waals surface area contributed by atoms with Gasteiger partial charge in [-0.05, 0) is 6.92 Å². The number of benzene rings is 1. The first-order chi connectivity index (χ1) is 8.11. The van der Waals surface area contributed by atoms with Crippen molar-refractivity contribution in [1.29, 1.82) is 0 Å². The van der Waals surface area contributed by atoms with Gasteiger partial charge in [0.05, 0.1) is 36.9 Å². The standard InChI is InChI=1S/C7HCl5O2.C2H7NO/c8-2-1(7(13)14)3(9)5(11)6(12)4(2)10;1-2(3)4/h(H,13,14);2,4H,3H2,1H3. The van der Waals surface area contributed by atoms with Gasteiger partial charge in [0.15, 0.2) is 0 Å². The largest absolute Gasteiger partial charge is 0.478 e. The maximum Gasteiger partial charge on any atom is 0.338 e. The number of aliphatic hydroxyl groups excluding tert-OH is 1. The summed E-state index contributed by atoms with van der Waals surface area (Å²) >= 11 is 28.2. The number of hydrogen-bond donors (Lipinski definition) is 3. The lowest BCUT2D eigenvalue weighted by Gasteiger charge is -2.08. The Morgan fingerprint density at radius 3 is 1.44 bits per heavy atom. The molecule has 0 saturated heterocycles. The molecule has 0 aromatic heterocycles. The Morgan fingerprint density at radius 1 is 1.00 bits per heavy atom. The molecule has 0 saturated carbocycles. The van der Waals surface area contributed by atoms with E-state index in [0.717, 1.165) is 0 Å². The average Bonchev–Trinajstić information content (AvgIpc) is 2.22. The predicted molar refractivity (Wildman–Crippen MR) is 74.3 cm³/mol. The summed E-state index contributed by atoms with van der Waals surface area (Å²) in [5.41, 5.74) is 4.31. The molecule has 0 fully saturated rings. The van der Waals surface area contributed by atoms with E-state index < -0.39 is 12.2 Å². The fraction of sp³-hybridized carbons (Fsp3) is 0.222. The van der Waals surface area contributed by atoms with Gasteiger partial charge in [-0.1, -0.05) is 58.0 Å². The van der Waals surface area contributed by atoms with Crippen LogP contribution in [0, 0.1) is 0 Å². The maximum absolute atomic E-state index is 10.7. The van der Waals surface area contributed by atoms with Crippen LogP contribution in [-0.2, 0) is 0 Å². The molecule has 0 amide bonds. The molecule has 1 rings (SSSR count). The van der Waals surface area contributed by atoms with E-state index in [1.54, 1.807) is 0 Å². The molecular formula is C9H8Cl5NO3. The lowest BCUT2D eigenvalue weighted by atomic mass is 10.2. The molecule has 1 aromatic carbocycles. The molecule has 18 heavy (non-hydrogen) atoms. The molecule has 4 N–H and O–H groups in total. The van der Waals surface area contributed by atoms with Crippen LogP contribution in [0.1, 0.15) is 17.3 Å². The summed E-state index contributed by atoms with van der Waals surface area (Å²) in [5.74, 6) is -1.32. The summed E-state index contributed by atoms with van der Waals surface area (Å²) in [4.78, 5) is 10.7. The highest BCUT2D eigenvalue weighted by atomic mass is 35.5. The van der Waals surface area contributed by atoms with Crippen molar-refractivity contribution in [3.63, 3.8) is 0 Å². The molecule has 1 aromatic rings. The Bertz CT molecular complexity index is 432. The van der Waals surface area contributed by atoms with Crippen LogP contribution in [0.3, 0.4) is 0 Å². The molecule has 0 radical (unpaired) electrons. The lowest BCUT2D eigenvalue weighted by molar-refractivity contribution is 0.0697. The molecule has 1 atom stereocenters. The van der Waals surface area contributed by atoms with E-state index in [2.05, 4.69) is 5.73 Å². The van der Waals surface area contributed by atoms with E-state index in [1.165, 1.54) is 6.92 Å². The van der Waals surface area contributed by atoms with Crippen molar-refractivity contribution in [2.45, 2.75) is 13.2 Å². The van der Waals surface area contributed by atoms with Gasteiger partial charge in [0.1, 0.15) is 0 Å². The summed E-state index contributed by atoms with van der Waals surface area (Å²) in [6, 6.07) is 0. The predicted octanol–water partition coefficient (Wildman–Crippen LogP) is 3.94. The van der Waals surface area contributed by atoms with Crippen LogP contribution in [0.25, 0.3) is 0 Å². The van der Waals surface area contributed by atoms with Gasteiger partial charge in [0.2, 0.25) is 0 Å². The normalized spacial score (nSPS) is 11.6.